The van der Waals surface area contributed by atoms with Crippen molar-refractivity contribution in [2.24, 2.45) is 0 Å². The largest absolute Gasteiger partial charge is 0.445 e. The first-order valence-corrected chi connectivity index (χ1v) is 4.24. The van der Waals surface area contributed by atoms with Crippen LogP contribution in [0, 0.1) is 12.5 Å². The van der Waals surface area contributed by atoms with Crippen molar-refractivity contribution in [3.63, 3.8) is 0 Å². The first kappa shape index (κ1) is 12.3. The summed E-state index contributed by atoms with van der Waals surface area (Å²) in [4.78, 5) is 0. The maximum Gasteiger partial charge on any atom is 0.282 e. The quantitative estimate of drug-likeness (QED) is 0.355. The number of ether oxygens (including phenoxy) is 2. The maximum atomic E-state index is 9.45. The number of rotatable bonds is 3. The number of hydrogen-bond donors (Lipinski definition) is 3. The molecule has 82 valence electrons. The fraction of sp³-hybridized carbons (Fsp3) is 0.750. The van der Waals surface area contributed by atoms with Crippen molar-refractivity contribution in [2.75, 3.05) is 6.61 Å². The van der Waals surface area contributed by atoms with E-state index in [1.54, 1.807) is 0 Å². The lowest BCUT2D eigenvalue weighted by Crippen LogP contribution is -2.59. The molecular formula is C8H11BO6. The predicted molar refractivity (Wildman–Crippen MR) is 48.3 cm³/mol. The summed E-state index contributed by atoms with van der Waals surface area (Å²) in [6.07, 6.45) is 0.372. The van der Waals surface area contributed by atoms with Crippen molar-refractivity contribution >= 4 is 8.05 Å². The Morgan fingerprint density at radius 2 is 1.93 bits per heavy atom. The van der Waals surface area contributed by atoms with Crippen LogP contribution in [0.2, 0.25) is 0 Å². The Balaban J connectivity index is 2.67. The third-order valence-electron chi connectivity index (χ3n) is 2.11. The summed E-state index contributed by atoms with van der Waals surface area (Å²) in [6, 6.07) is 0. The normalized spacial score (nSPS) is 40.8. The molecule has 0 aromatic heterocycles. The Labute approximate surface area is 88.2 Å². The summed E-state index contributed by atoms with van der Waals surface area (Å²) in [5.74, 6) is 0. The third kappa shape index (κ3) is 2.62. The maximum absolute atomic E-state index is 9.45. The molecule has 1 fully saturated rings. The van der Waals surface area contributed by atoms with Gasteiger partial charge < -0.3 is 29.4 Å². The van der Waals surface area contributed by atoms with Crippen molar-refractivity contribution < 1.29 is 29.4 Å². The van der Waals surface area contributed by atoms with E-state index in [1.165, 1.54) is 0 Å². The topological polar surface area (TPSA) is 88.4 Å². The molecule has 3 N–H and O–H groups in total. The monoisotopic (exact) mass is 214 g/mol. The smallest absolute Gasteiger partial charge is 0.282 e. The van der Waals surface area contributed by atoms with E-state index in [9.17, 15) is 15.3 Å². The molecule has 0 aromatic carbocycles. The lowest BCUT2D eigenvalue weighted by atomic mass is 9.99. The molecule has 0 spiro atoms. The molecule has 1 heterocycles. The second-order valence-electron chi connectivity index (χ2n) is 3.08. The van der Waals surface area contributed by atoms with Crippen LogP contribution in [0.1, 0.15) is 0 Å². The van der Waals surface area contributed by atoms with Crippen molar-refractivity contribution in [1.82, 2.24) is 0 Å². The van der Waals surface area contributed by atoms with Gasteiger partial charge in [0.15, 0.2) is 0 Å². The lowest BCUT2D eigenvalue weighted by Gasteiger charge is -2.38. The van der Waals surface area contributed by atoms with Gasteiger partial charge in [-0.1, -0.05) is 6.42 Å². The summed E-state index contributed by atoms with van der Waals surface area (Å²) in [5.41, 5.74) is 0. The Morgan fingerprint density at radius 1 is 1.27 bits per heavy atom. The van der Waals surface area contributed by atoms with E-state index in [1.807, 2.05) is 6.11 Å². The van der Waals surface area contributed by atoms with Gasteiger partial charge in [-0.05, 0) is 0 Å². The summed E-state index contributed by atoms with van der Waals surface area (Å²) in [6.45, 7) is -0.157. The minimum atomic E-state index is -1.43. The molecule has 5 unspecified atom stereocenters. The highest BCUT2D eigenvalue weighted by atomic mass is 16.7. The van der Waals surface area contributed by atoms with Gasteiger partial charge in [0.25, 0.3) is 8.05 Å². The van der Waals surface area contributed by atoms with E-state index in [2.05, 4.69) is 9.39 Å². The second-order valence-corrected chi connectivity index (χ2v) is 3.08. The predicted octanol–water partition coefficient (Wildman–Crippen LogP) is -2.50. The molecule has 0 aliphatic carbocycles. The average molecular weight is 214 g/mol. The van der Waals surface area contributed by atoms with E-state index in [-0.39, 0.29) is 6.61 Å². The van der Waals surface area contributed by atoms with Gasteiger partial charge in [0.2, 0.25) is 6.29 Å². The average Bonchev–Trinajstić information content (AvgIpc) is 2.22. The SMILES string of the molecule is [B]OCC1OC(OC#C)C(O)C(O)C1O. The van der Waals surface area contributed by atoms with E-state index in [0.717, 1.165) is 0 Å². The van der Waals surface area contributed by atoms with Crippen LogP contribution in [0.25, 0.3) is 0 Å². The van der Waals surface area contributed by atoms with Gasteiger partial charge in [0.1, 0.15) is 30.5 Å². The number of hydrogen-bond acceptors (Lipinski definition) is 6. The van der Waals surface area contributed by atoms with Crippen LogP contribution in [-0.2, 0) is 14.1 Å². The Bertz CT molecular complexity index is 242. The van der Waals surface area contributed by atoms with Gasteiger partial charge >= 0.3 is 0 Å². The first-order chi connectivity index (χ1) is 7.11. The fourth-order valence-electron chi connectivity index (χ4n) is 1.31. The highest BCUT2D eigenvalue weighted by molar-refractivity contribution is 5.97. The van der Waals surface area contributed by atoms with Crippen LogP contribution in [0.3, 0.4) is 0 Å². The number of aliphatic hydroxyl groups excluding tert-OH is 3. The molecule has 0 saturated carbocycles. The van der Waals surface area contributed by atoms with Crippen molar-refractivity contribution in [3.8, 4) is 12.5 Å². The minimum Gasteiger partial charge on any atom is -0.445 e. The Hall–Kier alpha value is -0.775. The molecule has 7 heteroatoms. The molecule has 0 amide bonds. The van der Waals surface area contributed by atoms with Crippen LogP contribution in [0.5, 0.6) is 0 Å². The van der Waals surface area contributed by atoms with Crippen molar-refractivity contribution in [1.29, 1.82) is 0 Å². The van der Waals surface area contributed by atoms with Crippen molar-refractivity contribution in [3.05, 3.63) is 0 Å². The van der Waals surface area contributed by atoms with Gasteiger partial charge in [-0.25, -0.2) is 0 Å². The highest BCUT2D eigenvalue weighted by Crippen LogP contribution is 2.21. The molecule has 2 radical (unpaired) electrons. The zero-order valence-corrected chi connectivity index (χ0v) is 7.81. The van der Waals surface area contributed by atoms with E-state index < -0.39 is 30.7 Å². The van der Waals surface area contributed by atoms with Crippen LogP contribution >= 0.6 is 0 Å². The lowest BCUT2D eigenvalue weighted by molar-refractivity contribution is -0.283. The molecular weight excluding hydrogens is 203 g/mol. The second kappa shape index (κ2) is 5.35. The molecule has 0 bridgehead atoms. The third-order valence-corrected chi connectivity index (χ3v) is 2.11. The van der Waals surface area contributed by atoms with E-state index in [0.29, 0.717) is 0 Å². The number of terminal acetylenes is 1. The fourth-order valence-corrected chi connectivity index (χ4v) is 1.31. The molecule has 1 aliphatic rings. The highest BCUT2D eigenvalue weighted by Gasteiger charge is 2.44. The zero-order chi connectivity index (χ0) is 11.4. The summed E-state index contributed by atoms with van der Waals surface area (Å²) >= 11 is 0. The molecule has 1 rings (SSSR count). The standard InChI is InChI=1S/C8H11BO6/c1-2-13-8-7(12)6(11)5(10)4(15-8)3-14-9/h1,4-8,10-12H,3H2. The van der Waals surface area contributed by atoms with Crippen LogP contribution in [0.4, 0.5) is 0 Å². The number of aliphatic hydroxyl groups is 3. The Kier molecular flexibility index (Phi) is 4.38. The first-order valence-electron chi connectivity index (χ1n) is 4.24. The molecule has 1 aliphatic heterocycles. The Morgan fingerprint density at radius 3 is 2.47 bits per heavy atom. The van der Waals surface area contributed by atoms with Gasteiger partial charge in [0.05, 0.1) is 6.61 Å². The van der Waals surface area contributed by atoms with E-state index >= 15 is 0 Å². The minimum absolute atomic E-state index is 0.157. The van der Waals surface area contributed by atoms with Crippen LogP contribution in [-0.4, -0.2) is 60.7 Å². The molecule has 15 heavy (non-hydrogen) atoms. The molecule has 6 nitrogen and oxygen atoms in total. The van der Waals surface area contributed by atoms with Gasteiger partial charge in [-0.2, -0.15) is 0 Å². The zero-order valence-electron chi connectivity index (χ0n) is 7.81. The van der Waals surface area contributed by atoms with Crippen molar-refractivity contribution in [2.45, 2.75) is 30.7 Å². The summed E-state index contributed by atoms with van der Waals surface area (Å²) < 4.78 is 13.9. The van der Waals surface area contributed by atoms with Crippen LogP contribution in [0.15, 0.2) is 0 Å². The van der Waals surface area contributed by atoms with Crippen LogP contribution < -0.4 is 0 Å². The van der Waals surface area contributed by atoms with E-state index in [4.69, 9.17) is 19.2 Å². The molecule has 5 atom stereocenters. The summed E-state index contributed by atoms with van der Waals surface area (Å²) in [5, 5.41) is 28.3. The summed E-state index contributed by atoms with van der Waals surface area (Å²) in [7, 11) is 4.80. The van der Waals surface area contributed by atoms with Gasteiger partial charge in [-0.15, -0.1) is 0 Å². The van der Waals surface area contributed by atoms with Gasteiger partial charge in [-0.3, -0.25) is 0 Å². The molecule has 0 aromatic rings. The van der Waals surface area contributed by atoms with Gasteiger partial charge in [0, 0.05) is 0 Å². The molecule has 1 saturated heterocycles.